The Labute approximate surface area is 77.6 Å². The molecule has 1 heterocycles. The molecule has 0 amide bonds. The third-order valence-electron chi connectivity index (χ3n) is 1.63. The summed E-state index contributed by atoms with van der Waals surface area (Å²) in [4.78, 5) is 4.13. The van der Waals surface area contributed by atoms with Gasteiger partial charge >= 0.3 is 0 Å². The van der Waals surface area contributed by atoms with Crippen LogP contribution in [0.1, 0.15) is 38.0 Å². The minimum absolute atomic E-state index is 0.160. The number of aryl methyl sites for hydroxylation is 1. The molecule has 0 fully saturated rings. The van der Waals surface area contributed by atoms with Crippen molar-refractivity contribution in [2.24, 2.45) is 0 Å². The summed E-state index contributed by atoms with van der Waals surface area (Å²) in [5, 5.41) is 16.6. The third-order valence-corrected chi connectivity index (χ3v) is 1.63. The van der Waals surface area contributed by atoms with E-state index in [-0.39, 0.29) is 5.41 Å². The van der Waals surface area contributed by atoms with E-state index in [1.807, 2.05) is 26.8 Å². The fourth-order valence-electron chi connectivity index (χ4n) is 0.802. The maximum atomic E-state index is 8.73. The fourth-order valence-corrected chi connectivity index (χ4v) is 0.802. The summed E-state index contributed by atoms with van der Waals surface area (Å²) >= 11 is 0. The monoisotopic (exact) mass is 176 g/mol. The van der Waals surface area contributed by atoms with Crippen LogP contribution >= 0.6 is 0 Å². The van der Waals surface area contributed by atoms with Gasteiger partial charge in [0.1, 0.15) is 6.07 Å². The van der Waals surface area contributed by atoms with Gasteiger partial charge in [0.25, 0.3) is 0 Å². The lowest BCUT2D eigenvalue weighted by Gasteiger charge is -2.15. The van der Waals surface area contributed by atoms with Gasteiger partial charge in [-0.25, -0.2) is 4.98 Å². The minimum atomic E-state index is -0.160. The second-order valence-corrected chi connectivity index (χ2v) is 3.93. The fraction of sp³-hybridized carbons (Fsp3) is 0.556. The highest BCUT2D eigenvalue weighted by Crippen LogP contribution is 2.17. The van der Waals surface area contributed by atoms with Crippen LogP contribution in [0.5, 0.6) is 0 Å². The lowest BCUT2D eigenvalue weighted by atomic mass is 9.96. The van der Waals surface area contributed by atoms with Gasteiger partial charge in [-0.15, -0.1) is 5.10 Å². The van der Waals surface area contributed by atoms with Gasteiger partial charge in [0.15, 0.2) is 11.5 Å². The van der Waals surface area contributed by atoms with Crippen molar-refractivity contribution in [3.8, 4) is 6.07 Å². The summed E-state index contributed by atoms with van der Waals surface area (Å²) in [7, 11) is 0. The summed E-state index contributed by atoms with van der Waals surface area (Å²) in [5.74, 6) is 0.606. The van der Waals surface area contributed by atoms with Gasteiger partial charge in [-0.3, -0.25) is 0 Å². The standard InChI is InChI=1S/C9H12N4/c1-6-7(5-10)11-8(13-12-6)9(2,3)4/h1-4H3. The average Bonchev–Trinajstić information content (AvgIpc) is 2.03. The predicted molar refractivity (Wildman–Crippen MR) is 48.0 cm³/mol. The van der Waals surface area contributed by atoms with Gasteiger partial charge in [0.2, 0.25) is 0 Å². The topological polar surface area (TPSA) is 62.5 Å². The summed E-state index contributed by atoms with van der Waals surface area (Å²) < 4.78 is 0. The van der Waals surface area contributed by atoms with Crippen molar-refractivity contribution in [1.29, 1.82) is 5.26 Å². The van der Waals surface area contributed by atoms with E-state index in [2.05, 4.69) is 15.2 Å². The lowest BCUT2D eigenvalue weighted by Crippen LogP contribution is -2.18. The molecule has 0 aliphatic rings. The highest BCUT2D eigenvalue weighted by atomic mass is 15.2. The van der Waals surface area contributed by atoms with Gasteiger partial charge in [0.05, 0.1) is 5.69 Å². The van der Waals surface area contributed by atoms with Crippen LogP contribution < -0.4 is 0 Å². The van der Waals surface area contributed by atoms with Crippen LogP contribution in [-0.2, 0) is 5.41 Å². The number of rotatable bonds is 0. The molecule has 0 N–H and O–H groups in total. The molecule has 0 saturated heterocycles. The average molecular weight is 176 g/mol. The predicted octanol–water partition coefficient (Wildman–Crippen LogP) is 1.35. The van der Waals surface area contributed by atoms with Crippen molar-refractivity contribution in [3.05, 3.63) is 17.2 Å². The van der Waals surface area contributed by atoms with Crippen molar-refractivity contribution < 1.29 is 0 Å². The van der Waals surface area contributed by atoms with Crippen molar-refractivity contribution >= 4 is 0 Å². The molecule has 0 radical (unpaired) electrons. The SMILES string of the molecule is Cc1nnc(C(C)(C)C)nc1C#N. The van der Waals surface area contributed by atoms with Crippen molar-refractivity contribution in [3.63, 3.8) is 0 Å². The van der Waals surface area contributed by atoms with E-state index in [4.69, 9.17) is 5.26 Å². The molecule has 0 aliphatic carbocycles. The van der Waals surface area contributed by atoms with Crippen LogP contribution in [0.25, 0.3) is 0 Å². The smallest absolute Gasteiger partial charge is 0.165 e. The largest absolute Gasteiger partial charge is 0.218 e. The van der Waals surface area contributed by atoms with Crippen LogP contribution in [0.3, 0.4) is 0 Å². The molecule has 0 aliphatic heterocycles. The third kappa shape index (κ3) is 2.00. The highest BCUT2D eigenvalue weighted by Gasteiger charge is 2.19. The molecule has 0 saturated carbocycles. The first-order chi connectivity index (χ1) is 5.95. The minimum Gasteiger partial charge on any atom is -0.218 e. The first-order valence-corrected chi connectivity index (χ1v) is 4.07. The quantitative estimate of drug-likeness (QED) is 0.598. The van der Waals surface area contributed by atoms with E-state index in [9.17, 15) is 0 Å². The summed E-state index contributed by atoms with van der Waals surface area (Å²) in [6.45, 7) is 7.69. The molecule has 0 bridgehead atoms. The van der Waals surface area contributed by atoms with Crippen molar-refractivity contribution in [2.45, 2.75) is 33.1 Å². The molecular weight excluding hydrogens is 164 g/mol. The summed E-state index contributed by atoms with van der Waals surface area (Å²) in [6.07, 6.45) is 0. The molecule has 0 aromatic carbocycles. The van der Waals surface area contributed by atoms with Crippen molar-refractivity contribution in [2.75, 3.05) is 0 Å². The number of nitriles is 1. The van der Waals surface area contributed by atoms with Gasteiger partial charge < -0.3 is 0 Å². The molecule has 0 atom stereocenters. The Hall–Kier alpha value is -1.50. The van der Waals surface area contributed by atoms with E-state index >= 15 is 0 Å². The maximum absolute atomic E-state index is 8.73. The zero-order valence-electron chi connectivity index (χ0n) is 8.29. The molecule has 4 heteroatoms. The Morgan fingerprint density at radius 3 is 2.31 bits per heavy atom. The van der Waals surface area contributed by atoms with Crippen LogP contribution in [0.4, 0.5) is 0 Å². The van der Waals surface area contributed by atoms with Crippen LogP contribution in [0, 0.1) is 18.3 Å². The van der Waals surface area contributed by atoms with Gasteiger partial charge in [-0.05, 0) is 6.92 Å². The zero-order valence-corrected chi connectivity index (χ0v) is 8.29. The van der Waals surface area contributed by atoms with Gasteiger partial charge in [-0.1, -0.05) is 20.8 Å². The first kappa shape index (κ1) is 9.59. The zero-order chi connectivity index (χ0) is 10.1. The van der Waals surface area contributed by atoms with E-state index in [1.165, 1.54) is 0 Å². The number of hydrogen-bond donors (Lipinski definition) is 0. The molecule has 0 unspecified atom stereocenters. The van der Waals surface area contributed by atoms with E-state index < -0.39 is 0 Å². The molecule has 4 nitrogen and oxygen atoms in total. The van der Waals surface area contributed by atoms with Crippen LogP contribution in [0.15, 0.2) is 0 Å². The summed E-state index contributed by atoms with van der Waals surface area (Å²) in [6, 6.07) is 1.99. The van der Waals surface area contributed by atoms with Gasteiger partial charge in [0, 0.05) is 5.41 Å². The Balaban J connectivity index is 3.24. The molecule has 1 rings (SSSR count). The Kier molecular flexibility index (Phi) is 2.28. The maximum Gasteiger partial charge on any atom is 0.165 e. The number of aromatic nitrogens is 3. The van der Waals surface area contributed by atoms with Crippen LogP contribution in [-0.4, -0.2) is 15.2 Å². The first-order valence-electron chi connectivity index (χ1n) is 4.07. The molecule has 0 spiro atoms. The second-order valence-electron chi connectivity index (χ2n) is 3.93. The molecule has 1 aromatic heterocycles. The molecule has 1 aromatic rings. The second kappa shape index (κ2) is 3.09. The molecular formula is C9H12N4. The Morgan fingerprint density at radius 1 is 1.23 bits per heavy atom. The molecule has 13 heavy (non-hydrogen) atoms. The van der Waals surface area contributed by atoms with Crippen molar-refractivity contribution in [1.82, 2.24) is 15.2 Å². The van der Waals surface area contributed by atoms with E-state index in [1.54, 1.807) is 6.92 Å². The Bertz CT molecular complexity index is 357. The summed E-state index contributed by atoms with van der Waals surface area (Å²) in [5.41, 5.74) is 0.780. The van der Waals surface area contributed by atoms with E-state index in [0.717, 1.165) is 0 Å². The normalized spacial score (nSPS) is 11.0. The van der Waals surface area contributed by atoms with E-state index in [0.29, 0.717) is 17.2 Å². The Morgan fingerprint density at radius 2 is 1.85 bits per heavy atom. The lowest BCUT2D eigenvalue weighted by molar-refractivity contribution is 0.530. The molecule has 68 valence electrons. The van der Waals surface area contributed by atoms with Gasteiger partial charge in [-0.2, -0.15) is 10.4 Å². The number of nitrogens with zero attached hydrogens (tertiary/aromatic N) is 4. The van der Waals surface area contributed by atoms with Crippen LogP contribution in [0.2, 0.25) is 0 Å². The number of hydrogen-bond acceptors (Lipinski definition) is 4. The highest BCUT2D eigenvalue weighted by molar-refractivity contribution is 5.24.